The third kappa shape index (κ3) is 4.56. The minimum atomic E-state index is -0.127. The number of Topliss-reactive ketones (excluding diaryl/α,β-unsaturated/α-hetero) is 1. The number of amides is 2. The van der Waals surface area contributed by atoms with Crippen molar-refractivity contribution < 1.29 is 14.4 Å². The lowest BCUT2D eigenvalue weighted by Crippen LogP contribution is -2.24. The number of ketones is 1. The van der Waals surface area contributed by atoms with Gasteiger partial charge in [-0.15, -0.1) is 0 Å². The number of rotatable bonds is 7. The van der Waals surface area contributed by atoms with Crippen molar-refractivity contribution in [2.24, 2.45) is 0 Å². The number of nitrogens with one attached hydrogen (secondary N) is 1. The first-order chi connectivity index (χ1) is 14.1. The average molecular weight is 390 g/mol. The number of hydrogen-bond donors (Lipinski definition) is 1. The Morgan fingerprint density at radius 3 is 2.45 bits per heavy atom. The van der Waals surface area contributed by atoms with Gasteiger partial charge in [0.1, 0.15) is 0 Å². The Bertz CT molecular complexity index is 934. The molecule has 0 saturated carbocycles. The lowest BCUT2D eigenvalue weighted by Gasteiger charge is -2.16. The number of aryl methyl sites for hydroxylation is 2. The zero-order valence-corrected chi connectivity index (χ0v) is 16.6. The Balaban J connectivity index is 1.24. The zero-order valence-electron chi connectivity index (χ0n) is 16.6. The van der Waals surface area contributed by atoms with Crippen LogP contribution < -0.4 is 10.2 Å². The van der Waals surface area contributed by atoms with Gasteiger partial charge in [-0.25, -0.2) is 0 Å². The summed E-state index contributed by atoms with van der Waals surface area (Å²) < 4.78 is 0. The molecular formula is C24H26N2O3. The van der Waals surface area contributed by atoms with Crippen molar-refractivity contribution in [2.45, 2.75) is 51.5 Å². The summed E-state index contributed by atoms with van der Waals surface area (Å²) in [5, 5.41) is 2.87. The first kappa shape index (κ1) is 19.4. The van der Waals surface area contributed by atoms with Crippen molar-refractivity contribution in [3.63, 3.8) is 0 Å². The van der Waals surface area contributed by atoms with E-state index in [1.807, 2.05) is 36.4 Å². The second-order valence-corrected chi connectivity index (χ2v) is 7.85. The summed E-state index contributed by atoms with van der Waals surface area (Å²) >= 11 is 0. The second kappa shape index (κ2) is 8.60. The molecule has 2 aromatic rings. The maximum atomic E-state index is 12.4. The summed E-state index contributed by atoms with van der Waals surface area (Å²) in [5.74, 6) is 0.0619. The molecule has 0 unspecified atom stereocenters. The summed E-state index contributed by atoms with van der Waals surface area (Å²) in [6, 6.07) is 13.6. The summed E-state index contributed by atoms with van der Waals surface area (Å²) in [4.78, 5) is 38.1. The molecule has 1 fully saturated rings. The molecule has 0 spiro atoms. The fourth-order valence-corrected chi connectivity index (χ4v) is 4.12. The number of benzene rings is 2. The first-order valence-corrected chi connectivity index (χ1v) is 10.4. The maximum Gasteiger partial charge on any atom is 0.227 e. The third-order valence-corrected chi connectivity index (χ3v) is 5.81. The minimum Gasteiger partial charge on any atom is -0.352 e. The first-order valence-electron chi connectivity index (χ1n) is 10.4. The van der Waals surface area contributed by atoms with E-state index in [9.17, 15) is 14.4 Å². The molecule has 150 valence electrons. The molecule has 0 atom stereocenters. The fourth-order valence-electron chi connectivity index (χ4n) is 4.12. The van der Waals surface area contributed by atoms with Crippen LogP contribution in [-0.4, -0.2) is 24.1 Å². The predicted octanol–water partition coefficient (Wildman–Crippen LogP) is 3.58. The van der Waals surface area contributed by atoms with Crippen LogP contribution >= 0.6 is 0 Å². The number of fused-ring (bicyclic) bond motifs is 1. The molecule has 0 bridgehead atoms. The molecule has 5 nitrogen and oxygen atoms in total. The van der Waals surface area contributed by atoms with E-state index >= 15 is 0 Å². The van der Waals surface area contributed by atoms with Gasteiger partial charge in [0.2, 0.25) is 11.8 Å². The zero-order chi connectivity index (χ0) is 20.2. The molecule has 1 saturated heterocycles. The second-order valence-electron chi connectivity index (χ2n) is 7.85. The molecular weight excluding hydrogens is 364 g/mol. The number of carbonyl (C=O) groups is 3. The van der Waals surface area contributed by atoms with Crippen molar-refractivity contribution in [3.8, 4) is 0 Å². The van der Waals surface area contributed by atoms with Gasteiger partial charge in [-0.2, -0.15) is 0 Å². The van der Waals surface area contributed by atoms with E-state index < -0.39 is 0 Å². The molecule has 1 aliphatic carbocycles. The number of hydrogen-bond acceptors (Lipinski definition) is 3. The SMILES string of the molecule is O=C(CCC(=O)c1ccc2c(c1)CCC2)NCc1ccc(N2CCCC2=O)cc1. The van der Waals surface area contributed by atoms with Gasteiger partial charge in [-0.3, -0.25) is 14.4 Å². The van der Waals surface area contributed by atoms with Crippen LogP contribution in [0, 0.1) is 0 Å². The molecule has 0 radical (unpaired) electrons. The van der Waals surface area contributed by atoms with Gasteiger partial charge in [0.25, 0.3) is 0 Å². The number of anilines is 1. The van der Waals surface area contributed by atoms with Crippen LogP contribution in [0.1, 0.15) is 59.2 Å². The highest BCUT2D eigenvalue weighted by atomic mass is 16.2. The topological polar surface area (TPSA) is 66.5 Å². The Kier molecular flexibility index (Phi) is 5.74. The summed E-state index contributed by atoms with van der Waals surface area (Å²) in [5.41, 5.74) is 5.21. The van der Waals surface area contributed by atoms with E-state index in [1.165, 1.54) is 11.1 Å². The van der Waals surface area contributed by atoms with Crippen molar-refractivity contribution in [3.05, 3.63) is 64.7 Å². The summed E-state index contributed by atoms with van der Waals surface area (Å²) in [7, 11) is 0. The highest BCUT2D eigenvalue weighted by Gasteiger charge is 2.21. The van der Waals surface area contributed by atoms with Gasteiger partial charge in [-0.05, 0) is 60.6 Å². The van der Waals surface area contributed by atoms with Crippen molar-refractivity contribution in [1.29, 1.82) is 0 Å². The van der Waals surface area contributed by atoms with Crippen molar-refractivity contribution in [2.75, 3.05) is 11.4 Å². The molecule has 5 heteroatoms. The lowest BCUT2D eigenvalue weighted by atomic mass is 10.0. The quantitative estimate of drug-likeness (QED) is 0.735. The molecule has 29 heavy (non-hydrogen) atoms. The molecule has 2 aliphatic rings. The van der Waals surface area contributed by atoms with E-state index in [-0.39, 0.29) is 30.4 Å². The fraction of sp³-hybridized carbons (Fsp3) is 0.375. The Morgan fingerprint density at radius 2 is 1.69 bits per heavy atom. The van der Waals surface area contributed by atoms with Crippen LogP contribution in [0.15, 0.2) is 42.5 Å². The number of carbonyl (C=O) groups excluding carboxylic acids is 3. The molecule has 0 aromatic heterocycles. The Morgan fingerprint density at radius 1 is 0.897 bits per heavy atom. The summed E-state index contributed by atoms with van der Waals surface area (Å²) in [6.07, 6.45) is 5.23. The average Bonchev–Trinajstić information content (AvgIpc) is 3.39. The van der Waals surface area contributed by atoms with Crippen LogP contribution in [0.3, 0.4) is 0 Å². The highest BCUT2D eigenvalue weighted by Crippen LogP contribution is 2.24. The highest BCUT2D eigenvalue weighted by molar-refractivity contribution is 5.98. The molecule has 2 amide bonds. The monoisotopic (exact) mass is 390 g/mol. The number of nitrogens with zero attached hydrogens (tertiary/aromatic N) is 1. The van der Waals surface area contributed by atoms with E-state index in [0.717, 1.165) is 43.5 Å². The third-order valence-electron chi connectivity index (χ3n) is 5.81. The summed E-state index contributed by atoms with van der Waals surface area (Å²) in [6.45, 7) is 1.19. The Labute approximate surface area is 171 Å². The smallest absolute Gasteiger partial charge is 0.227 e. The van der Waals surface area contributed by atoms with Gasteiger partial charge in [0, 0.05) is 43.6 Å². The standard InChI is InChI=1S/C24H26N2O3/c27-22(20-9-8-18-3-1-4-19(18)15-20)12-13-23(28)25-16-17-6-10-21(11-7-17)26-14-2-5-24(26)29/h6-11,15H,1-5,12-14,16H2,(H,25,28). The van der Waals surface area contributed by atoms with Crippen molar-refractivity contribution in [1.82, 2.24) is 5.32 Å². The Hall–Kier alpha value is -2.95. The van der Waals surface area contributed by atoms with Crippen molar-refractivity contribution >= 4 is 23.3 Å². The van der Waals surface area contributed by atoms with Gasteiger partial charge in [0.15, 0.2) is 5.78 Å². The van der Waals surface area contributed by atoms with Gasteiger partial charge < -0.3 is 10.2 Å². The van der Waals surface area contributed by atoms with Gasteiger partial charge in [-0.1, -0.05) is 24.3 Å². The van der Waals surface area contributed by atoms with Crippen LogP contribution in [0.25, 0.3) is 0 Å². The van der Waals surface area contributed by atoms with E-state index in [4.69, 9.17) is 0 Å². The normalized spacial score (nSPS) is 15.4. The molecule has 1 aliphatic heterocycles. The molecule has 1 N–H and O–H groups in total. The van der Waals surface area contributed by atoms with Crippen LogP contribution in [0.4, 0.5) is 5.69 Å². The largest absolute Gasteiger partial charge is 0.352 e. The van der Waals surface area contributed by atoms with Crippen LogP contribution in [-0.2, 0) is 29.0 Å². The molecule has 1 heterocycles. The van der Waals surface area contributed by atoms with Crippen LogP contribution in [0.2, 0.25) is 0 Å². The van der Waals surface area contributed by atoms with Crippen LogP contribution in [0.5, 0.6) is 0 Å². The van der Waals surface area contributed by atoms with Gasteiger partial charge >= 0.3 is 0 Å². The molecule has 4 rings (SSSR count). The molecule has 2 aromatic carbocycles. The van der Waals surface area contributed by atoms with E-state index in [2.05, 4.69) is 11.4 Å². The van der Waals surface area contributed by atoms with E-state index in [0.29, 0.717) is 18.5 Å². The maximum absolute atomic E-state index is 12.4. The van der Waals surface area contributed by atoms with Gasteiger partial charge in [0.05, 0.1) is 0 Å². The minimum absolute atomic E-state index is 0.0227. The van der Waals surface area contributed by atoms with E-state index in [1.54, 1.807) is 4.90 Å². The lowest BCUT2D eigenvalue weighted by molar-refractivity contribution is -0.121. The predicted molar refractivity (Wildman–Crippen MR) is 112 cm³/mol.